The number of hydroxylamine groups is 2. The van der Waals surface area contributed by atoms with Gasteiger partial charge in [-0.1, -0.05) is 0 Å². The minimum atomic E-state index is -4.96. The molecule has 1 rings (SSSR count). The van der Waals surface area contributed by atoms with E-state index in [1.165, 1.54) is 0 Å². The van der Waals surface area contributed by atoms with E-state index in [1.807, 2.05) is 0 Å². The second-order valence-corrected chi connectivity index (χ2v) is 6.93. The quantitative estimate of drug-likeness (QED) is 0.212. The Labute approximate surface area is 168 Å². The highest BCUT2D eigenvalue weighted by molar-refractivity contribution is 5.82. The lowest BCUT2D eigenvalue weighted by molar-refractivity contribution is -0.870. The van der Waals surface area contributed by atoms with Crippen LogP contribution >= 0.6 is 0 Å². The predicted octanol–water partition coefficient (Wildman–Crippen LogP) is -0.0663. The van der Waals surface area contributed by atoms with Gasteiger partial charge in [-0.3, -0.25) is 14.4 Å². The zero-order valence-electron chi connectivity index (χ0n) is 15.9. The molecule has 4 N–H and O–H groups in total. The summed E-state index contributed by atoms with van der Waals surface area (Å²) in [7, 11) is 0. The van der Waals surface area contributed by atoms with Crippen LogP contribution in [0.15, 0.2) is 0 Å². The van der Waals surface area contributed by atoms with E-state index < -0.39 is 42.2 Å². The van der Waals surface area contributed by atoms with Gasteiger partial charge in [0.15, 0.2) is 6.04 Å². The van der Waals surface area contributed by atoms with Crippen molar-refractivity contribution in [3.63, 3.8) is 0 Å². The van der Waals surface area contributed by atoms with E-state index in [0.717, 1.165) is 0 Å². The molecule has 1 fully saturated rings. The fourth-order valence-corrected chi connectivity index (χ4v) is 2.94. The molecule has 0 aromatic carbocycles. The molecule has 1 aliphatic heterocycles. The van der Waals surface area contributed by atoms with Gasteiger partial charge in [0.05, 0.1) is 12.6 Å². The molecule has 0 aliphatic carbocycles. The van der Waals surface area contributed by atoms with E-state index in [1.54, 1.807) is 10.6 Å². The highest BCUT2D eigenvalue weighted by atomic mass is 19.4. The molecule has 0 aromatic heterocycles. The molecule has 174 valence electrons. The van der Waals surface area contributed by atoms with Gasteiger partial charge in [0.2, 0.25) is 0 Å². The lowest BCUT2D eigenvalue weighted by Gasteiger charge is -2.39. The van der Waals surface area contributed by atoms with E-state index in [0.29, 0.717) is 12.8 Å². The lowest BCUT2D eigenvalue weighted by atomic mass is 10.0. The fourth-order valence-electron chi connectivity index (χ4n) is 2.94. The van der Waals surface area contributed by atoms with Gasteiger partial charge in [-0.15, -0.1) is 0 Å². The van der Waals surface area contributed by atoms with Gasteiger partial charge in [-0.2, -0.15) is 26.3 Å². The van der Waals surface area contributed by atoms with Crippen LogP contribution in [0.2, 0.25) is 0 Å². The summed E-state index contributed by atoms with van der Waals surface area (Å²) in [5, 5.41) is 17.9. The van der Waals surface area contributed by atoms with Gasteiger partial charge in [0, 0.05) is 19.5 Å². The molecular formula is C16H24F6N4O4. The van der Waals surface area contributed by atoms with Crippen molar-refractivity contribution in [3.8, 4) is 0 Å². The second kappa shape index (κ2) is 11.3. The number of halogens is 6. The molecule has 8 nitrogen and oxygen atoms in total. The summed E-state index contributed by atoms with van der Waals surface area (Å²) in [5.41, 5.74) is 0. The summed E-state index contributed by atoms with van der Waals surface area (Å²) in [4.78, 5) is 33.4. The normalized spacial score (nSPS) is 22.4. The molecule has 1 heterocycles. The first kappa shape index (κ1) is 25.9. The molecule has 3 atom stereocenters. The minimum absolute atomic E-state index is 0.0517. The van der Waals surface area contributed by atoms with Crippen molar-refractivity contribution >= 4 is 17.7 Å². The number of piperazine rings is 1. The van der Waals surface area contributed by atoms with Gasteiger partial charge >= 0.3 is 24.2 Å². The van der Waals surface area contributed by atoms with Gasteiger partial charge in [-0.05, 0) is 32.1 Å². The Kier molecular flexibility index (Phi) is 9.81. The van der Waals surface area contributed by atoms with E-state index >= 15 is 0 Å². The molecule has 0 spiro atoms. The van der Waals surface area contributed by atoms with Crippen LogP contribution in [0.5, 0.6) is 0 Å². The maximum atomic E-state index is 12.1. The third kappa shape index (κ3) is 9.15. The Balaban J connectivity index is 2.22. The number of alkyl halides is 6. The Hall–Kier alpha value is -2.09. The monoisotopic (exact) mass is 450 g/mol. The van der Waals surface area contributed by atoms with Crippen molar-refractivity contribution in [3.05, 3.63) is 5.21 Å². The number of rotatable bonds is 10. The topological polar surface area (TPSA) is 115 Å². The Bertz CT molecular complexity index is 599. The fraction of sp³-hybridized carbons (Fsp3) is 0.812. The van der Waals surface area contributed by atoms with Crippen LogP contribution < -0.4 is 21.0 Å². The Morgan fingerprint density at radius 1 is 0.933 bits per heavy atom. The van der Waals surface area contributed by atoms with Crippen molar-refractivity contribution in [1.29, 1.82) is 0 Å². The molecule has 0 aromatic rings. The van der Waals surface area contributed by atoms with Gasteiger partial charge in [-0.25, -0.2) is 0 Å². The molecule has 0 radical (unpaired) electrons. The lowest BCUT2D eigenvalue weighted by Crippen LogP contribution is -3.16. The molecule has 0 bridgehead atoms. The summed E-state index contributed by atoms with van der Waals surface area (Å²) in [6, 6.07) is -1.36. The van der Waals surface area contributed by atoms with E-state index in [9.17, 15) is 45.9 Å². The molecule has 1 saturated heterocycles. The first-order valence-corrected chi connectivity index (χ1v) is 9.35. The molecular weight excluding hydrogens is 426 g/mol. The van der Waals surface area contributed by atoms with Gasteiger partial charge in [0.1, 0.15) is 0 Å². The first-order valence-electron chi connectivity index (χ1n) is 9.35. The number of nitrogens with one attached hydrogen (secondary N) is 4. The molecule has 14 heteroatoms. The highest BCUT2D eigenvalue weighted by Crippen LogP contribution is 2.15. The number of hydrogen-bond acceptors (Lipinski definition) is 4. The van der Waals surface area contributed by atoms with Gasteiger partial charge in [0.25, 0.3) is 5.91 Å². The van der Waals surface area contributed by atoms with E-state index in [4.69, 9.17) is 0 Å². The standard InChI is InChI=1S/C16H24F6N4O4/c17-15(18,19)13(28)23-7-3-1-5-10-9-26(30)11(12(27)25-10)6-2-4-8-24-14(29)16(20,21)22/h10-11,26H,1-9H2,(H,23,28)(H,24,29)(H,25,27). The molecule has 0 saturated carbocycles. The summed E-state index contributed by atoms with van der Waals surface area (Å²) in [6.45, 7) is -0.356. The minimum Gasteiger partial charge on any atom is -0.634 e. The number of unbranched alkanes of at least 4 members (excludes halogenated alkanes) is 2. The van der Waals surface area contributed by atoms with Crippen molar-refractivity contribution in [2.45, 2.75) is 63.0 Å². The summed E-state index contributed by atoms with van der Waals surface area (Å²) < 4.78 is 72.2. The zero-order chi connectivity index (χ0) is 22.9. The highest BCUT2D eigenvalue weighted by Gasteiger charge is 2.39. The second-order valence-electron chi connectivity index (χ2n) is 6.93. The number of quaternary nitrogens is 1. The molecule has 3 unspecified atom stereocenters. The third-order valence-corrected chi connectivity index (χ3v) is 4.48. The van der Waals surface area contributed by atoms with Crippen LogP contribution in [-0.2, 0) is 14.4 Å². The van der Waals surface area contributed by atoms with E-state index in [-0.39, 0.29) is 50.4 Å². The molecule has 30 heavy (non-hydrogen) atoms. The van der Waals surface area contributed by atoms with Crippen LogP contribution in [0.3, 0.4) is 0 Å². The smallest absolute Gasteiger partial charge is 0.471 e. The largest absolute Gasteiger partial charge is 0.634 e. The van der Waals surface area contributed by atoms with Gasteiger partial charge < -0.3 is 26.2 Å². The number of hydrogen-bond donors (Lipinski definition) is 4. The first-order chi connectivity index (χ1) is 13.8. The maximum Gasteiger partial charge on any atom is 0.471 e. The summed E-state index contributed by atoms with van der Waals surface area (Å²) >= 11 is 0. The molecule has 3 amide bonds. The Morgan fingerprint density at radius 3 is 1.83 bits per heavy atom. The van der Waals surface area contributed by atoms with Crippen LogP contribution in [0, 0.1) is 5.21 Å². The van der Waals surface area contributed by atoms with Crippen molar-refractivity contribution in [1.82, 2.24) is 16.0 Å². The summed E-state index contributed by atoms with van der Waals surface area (Å²) in [5.74, 6) is -4.57. The zero-order valence-corrected chi connectivity index (χ0v) is 15.9. The number of amides is 3. The van der Waals surface area contributed by atoms with Crippen LogP contribution in [0.25, 0.3) is 0 Å². The Morgan fingerprint density at radius 2 is 1.40 bits per heavy atom. The predicted molar refractivity (Wildman–Crippen MR) is 90.7 cm³/mol. The van der Waals surface area contributed by atoms with Crippen LogP contribution in [0.4, 0.5) is 26.3 Å². The van der Waals surface area contributed by atoms with Crippen molar-refractivity contribution in [2.24, 2.45) is 0 Å². The number of carbonyl (C=O) groups is 3. The summed E-state index contributed by atoms with van der Waals surface area (Å²) in [6.07, 6.45) is -8.33. The SMILES string of the molecule is O=C1NC(CCCCNC(=O)C(F)(F)F)C[NH+]([O-])C1CCCCNC(=O)C(F)(F)F. The molecule has 1 aliphatic rings. The average molecular weight is 450 g/mol. The van der Waals surface area contributed by atoms with Crippen molar-refractivity contribution in [2.75, 3.05) is 19.6 Å². The van der Waals surface area contributed by atoms with Crippen LogP contribution in [0.1, 0.15) is 38.5 Å². The van der Waals surface area contributed by atoms with Crippen LogP contribution in [-0.4, -0.2) is 61.8 Å². The van der Waals surface area contributed by atoms with Crippen molar-refractivity contribution < 1.29 is 45.8 Å². The average Bonchev–Trinajstić information content (AvgIpc) is 2.61. The maximum absolute atomic E-state index is 12.1. The number of carbonyl (C=O) groups excluding carboxylic acids is 3. The van der Waals surface area contributed by atoms with E-state index in [2.05, 4.69) is 5.32 Å². The third-order valence-electron chi connectivity index (χ3n) is 4.48.